The number of para-hydroxylation sites is 3. The summed E-state index contributed by atoms with van der Waals surface area (Å²) in [5, 5.41) is 16.3. The Bertz CT molecular complexity index is 4700. The third-order valence-corrected chi connectivity index (χ3v) is 16.9. The number of nitrogens with zero attached hydrogens (tertiary/aromatic N) is 3. The predicted octanol–water partition coefficient (Wildman–Crippen LogP) is 17.5. The minimum Gasteiger partial charge on any atom is -0.353 e. The molecule has 0 radical (unpaired) electrons. The minimum absolute atomic E-state index is 0.0286. The first-order valence-corrected chi connectivity index (χ1v) is 25.4. The van der Waals surface area contributed by atoms with Crippen LogP contribution in [-0.2, 0) is 0 Å². The summed E-state index contributed by atoms with van der Waals surface area (Å²) >= 11 is 5.29. The van der Waals surface area contributed by atoms with Crippen molar-refractivity contribution in [3.8, 4) is 5.69 Å². The van der Waals surface area contributed by atoms with Gasteiger partial charge in [-0.1, -0.05) is 159 Å². The summed E-state index contributed by atoms with van der Waals surface area (Å²) in [6.45, 7) is 4.00. The zero-order valence-corrected chi connectivity index (χ0v) is 39.3. The molecule has 0 saturated carbocycles. The Labute approximate surface area is 400 Å². The van der Waals surface area contributed by atoms with E-state index in [2.05, 4.69) is 167 Å². The first-order chi connectivity index (χ1) is 33.7. The zero-order valence-electron chi connectivity index (χ0n) is 36.9. The van der Waals surface area contributed by atoms with E-state index < -0.39 is 0 Å². The fourth-order valence-electron chi connectivity index (χ4n) is 10.8. The molecular formula is C60H38N4OS3. The quantitative estimate of drug-likeness (QED) is 0.178. The monoisotopic (exact) mass is 926 g/mol. The van der Waals surface area contributed by atoms with Crippen molar-refractivity contribution in [1.82, 2.24) is 18.9 Å². The molecule has 0 aliphatic carbocycles. The number of thiophene rings is 2. The molecule has 0 bridgehead atoms. The van der Waals surface area contributed by atoms with Crippen LogP contribution in [0.1, 0.15) is 13.8 Å². The molecule has 5 nitrogen and oxygen atoms in total. The van der Waals surface area contributed by atoms with Gasteiger partial charge in [-0.3, -0.25) is 9.20 Å². The van der Waals surface area contributed by atoms with Crippen molar-refractivity contribution >= 4 is 166 Å². The summed E-state index contributed by atoms with van der Waals surface area (Å²) in [7, 11) is 0. The Hall–Kier alpha value is -7.88. The van der Waals surface area contributed by atoms with Gasteiger partial charge in [0.1, 0.15) is 0 Å². The van der Waals surface area contributed by atoms with Gasteiger partial charge in [-0.2, -0.15) is 0 Å². The number of benzene rings is 10. The molecule has 6 heterocycles. The number of hydrogen-bond donors (Lipinski definition) is 1. The summed E-state index contributed by atoms with van der Waals surface area (Å²) in [5.74, 6) is 0. The van der Waals surface area contributed by atoms with E-state index in [4.69, 9.17) is 4.98 Å². The molecule has 0 amide bonds. The van der Waals surface area contributed by atoms with E-state index in [1.165, 1.54) is 100.0 Å². The van der Waals surface area contributed by atoms with Crippen LogP contribution in [-0.4, -0.2) is 18.9 Å². The number of hydrogen-bond acceptors (Lipinski definition) is 5. The maximum atomic E-state index is 13.7. The standard InChI is InChI=1S/C36H19N3OS2.C22H13NS.C2H6/c40-35-23-18-17-20(19-26(23)37-36-39(35)28-14-6-8-16-30(28)42-36)38-27-13-5-3-11-24(27)31-21-9-1-2-10-22(21)32-25-12-4-7-15-29(25)41-34(32)33(31)38;1-2-8-14-13(7-1)19-15-9-3-5-11-17(15)23-21(19)22-20(14)16-10-4-6-12-18(16)24-22;1-2/h1-19H;1-12,23H;1-2H3. The number of aromatic amines is 1. The topological polar surface area (TPSA) is 55.1 Å². The highest BCUT2D eigenvalue weighted by Gasteiger charge is 2.23. The molecule has 16 rings (SSSR count). The van der Waals surface area contributed by atoms with E-state index in [1.807, 2.05) is 66.9 Å². The van der Waals surface area contributed by atoms with E-state index in [-0.39, 0.29) is 5.56 Å². The van der Waals surface area contributed by atoms with Gasteiger partial charge in [-0.05, 0) is 76.1 Å². The van der Waals surface area contributed by atoms with Crippen molar-refractivity contribution < 1.29 is 0 Å². The number of fused-ring (bicyclic) bond motifs is 24. The number of aromatic nitrogens is 4. The Morgan fingerprint density at radius 1 is 0.441 bits per heavy atom. The van der Waals surface area contributed by atoms with Crippen molar-refractivity contribution in [3.05, 3.63) is 198 Å². The summed E-state index contributed by atoms with van der Waals surface area (Å²) < 4.78 is 10.4. The average molecular weight is 927 g/mol. The zero-order chi connectivity index (χ0) is 45.2. The van der Waals surface area contributed by atoms with Gasteiger partial charge >= 0.3 is 0 Å². The molecule has 322 valence electrons. The fraction of sp³-hybridized carbons (Fsp3) is 0.0333. The second-order valence-corrected chi connectivity index (χ2v) is 20.1. The largest absolute Gasteiger partial charge is 0.353 e. The maximum Gasteiger partial charge on any atom is 0.266 e. The molecule has 0 aliphatic heterocycles. The maximum absolute atomic E-state index is 13.7. The van der Waals surface area contributed by atoms with Crippen LogP contribution in [0.4, 0.5) is 0 Å². The highest BCUT2D eigenvalue weighted by atomic mass is 32.1. The molecule has 16 aromatic rings. The van der Waals surface area contributed by atoms with Crippen LogP contribution >= 0.6 is 34.0 Å². The molecule has 0 aliphatic rings. The van der Waals surface area contributed by atoms with Gasteiger partial charge in [0.2, 0.25) is 0 Å². The van der Waals surface area contributed by atoms with Crippen LogP contribution in [0.5, 0.6) is 0 Å². The smallest absolute Gasteiger partial charge is 0.266 e. The lowest BCUT2D eigenvalue weighted by Gasteiger charge is -2.11. The van der Waals surface area contributed by atoms with Crippen LogP contribution in [0.2, 0.25) is 0 Å². The molecular weight excluding hydrogens is 889 g/mol. The minimum atomic E-state index is -0.0286. The van der Waals surface area contributed by atoms with Gasteiger partial charge in [0.05, 0.1) is 47.1 Å². The van der Waals surface area contributed by atoms with E-state index in [9.17, 15) is 4.79 Å². The molecule has 8 heteroatoms. The van der Waals surface area contributed by atoms with Crippen LogP contribution < -0.4 is 5.56 Å². The number of rotatable bonds is 1. The Morgan fingerprint density at radius 2 is 0.956 bits per heavy atom. The van der Waals surface area contributed by atoms with Crippen LogP contribution in [0.3, 0.4) is 0 Å². The fourth-order valence-corrected chi connectivity index (χ4v) is 14.3. The number of nitrogens with one attached hydrogen (secondary N) is 1. The lowest BCUT2D eigenvalue weighted by Crippen LogP contribution is -2.13. The summed E-state index contributed by atoms with van der Waals surface area (Å²) in [4.78, 5) is 23.2. The van der Waals surface area contributed by atoms with Gasteiger partial charge in [0.15, 0.2) is 4.96 Å². The molecule has 6 aromatic heterocycles. The van der Waals surface area contributed by atoms with Crippen molar-refractivity contribution in [2.75, 3.05) is 0 Å². The van der Waals surface area contributed by atoms with Crippen LogP contribution in [0.15, 0.2) is 193 Å². The lowest BCUT2D eigenvalue weighted by molar-refractivity contribution is 1.15. The van der Waals surface area contributed by atoms with Crippen LogP contribution in [0, 0.1) is 0 Å². The van der Waals surface area contributed by atoms with Crippen LogP contribution in [0.25, 0.3) is 137 Å². The van der Waals surface area contributed by atoms with E-state index in [0.29, 0.717) is 15.9 Å². The lowest BCUT2D eigenvalue weighted by atomic mass is 9.99. The first kappa shape index (κ1) is 39.3. The Morgan fingerprint density at radius 3 is 1.65 bits per heavy atom. The molecule has 10 aromatic carbocycles. The highest BCUT2D eigenvalue weighted by Crippen LogP contribution is 2.49. The van der Waals surface area contributed by atoms with Crippen molar-refractivity contribution in [2.24, 2.45) is 0 Å². The third-order valence-electron chi connectivity index (χ3n) is 13.5. The van der Waals surface area contributed by atoms with E-state index in [1.54, 1.807) is 15.7 Å². The molecule has 0 fully saturated rings. The molecule has 0 unspecified atom stereocenters. The van der Waals surface area contributed by atoms with E-state index in [0.717, 1.165) is 21.4 Å². The third kappa shape index (κ3) is 5.47. The number of thiazole rings is 1. The molecule has 0 spiro atoms. The summed E-state index contributed by atoms with van der Waals surface area (Å²) in [6.07, 6.45) is 0. The average Bonchev–Trinajstić information content (AvgIpc) is 4.23. The SMILES string of the molecule is CC.O=c1c2ccc(-n3c4ccccc4c4c5ccccc5c5c6ccccc6sc5c43)cc2nc2sc3ccccc3n12.c1ccc2c(c1)[nH]c1c3sc4ccccc4c3c3ccccc3c21. The van der Waals surface area contributed by atoms with Gasteiger partial charge < -0.3 is 9.55 Å². The Kier molecular flexibility index (Phi) is 8.71. The van der Waals surface area contributed by atoms with Gasteiger partial charge in [-0.15, -0.1) is 22.7 Å². The molecule has 1 N–H and O–H groups in total. The molecule has 0 atom stereocenters. The van der Waals surface area contributed by atoms with Crippen molar-refractivity contribution in [1.29, 1.82) is 0 Å². The second-order valence-electron chi connectivity index (χ2n) is 17.0. The van der Waals surface area contributed by atoms with Crippen molar-refractivity contribution in [2.45, 2.75) is 13.8 Å². The summed E-state index contributed by atoms with van der Waals surface area (Å²) in [5.41, 5.74) is 7.41. The van der Waals surface area contributed by atoms with Crippen molar-refractivity contribution in [3.63, 3.8) is 0 Å². The summed E-state index contributed by atoms with van der Waals surface area (Å²) in [6, 6.07) is 66.4. The van der Waals surface area contributed by atoms with E-state index >= 15 is 0 Å². The number of H-pyrrole nitrogens is 1. The van der Waals surface area contributed by atoms with Gasteiger partial charge in [0, 0.05) is 63.7 Å². The Balaban J connectivity index is 0.000000142. The normalized spacial score (nSPS) is 12.0. The van der Waals surface area contributed by atoms with Gasteiger partial charge in [-0.25, -0.2) is 4.98 Å². The predicted molar refractivity (Wildman–Crippen MR) is 297 cm³/mol. The molecule has 68 heavy (non-hydrogen) atoms. The van der Waals surface area contributed by atoms with Gasteiger partial charge in [0.25, 0.3) is 5.56 Å². The molecule has 0 saturated heterocycles. The highest BCUT2D eigenvalue weighted by molar-refractivity contribution is 7.27. The first-order valence-electron chi connectivity index (χ1n) is 23.0. The second kappa shape index (κ2) is 15.1.